The summed E-state index contributed by atoms with van der Waals surface area (Å²) in [5.41, 5.74) is -0.768. The van der Waals surface area contributed by atoms with Gasteiger partial charge in [-0.05, 0) is 19.9 Å². The highest BCUT2D eigenvalue weighted by Gasteiger charge is 2.32. The van der Waals surface area contributed by atoms with Crippen molar-refractivity contribution in [3.8, 4) is 0 Å². The summed E-state index contributed by atoms with van der Waals surface area (Å²) in [6.07, 6.45) is 2.63. The molecule has 0 saturated carbocycles. The van der Waals surface area contributed by atoms with Gasteiger partial charge in [0.2, 0.25) is 5.78 Å². The van der Waals surface area contributed by atoms with Crippen LogP contribution in [0.25, 0.3) is 0 Å². The Balaban J connectivity index is 2.70. The molecular formula is C9H14O3. The van der Waals surface area contributed by atoms with Gasteiger partial charge in [-0.1, -0.05) is 0 Å². The van der Waals surface area contributed by atoms with E-state index in [0.29, 0.717) is 12.4 Å². The van der Waals surface area contributed by atoms with Gasteiger partial charge < -0.3 is 9.47 Å². The molecule has 0 atom stereocenters. The summed E-state index contributed by atoms with van der Waals surface area (Å²) in [5.74, 6) is 0.365. The zero-order valence-corrected chi connectivity index (χ0v) is 7.72. The fourth-order valence-electron chi connectivity index (χ4n) is 0.965. The van der Waals surface area contributed by atoms with Crippen molar-refractivity contribution in [3.05, 3.63) is 11.8 Å². The second kappa shape index (κ2) is 3.27. The van der Waals surface area contributed by atoms with Crippen LogP contribution in [0.1, 0.15) is 20.3 Å². The van der Waals surface area contributed by atoms with Crippen molar-refractivity contribution in [2.24, 2.45) is 0 Å². The molecule has 1 heterocycles. The summed E-state index contributed by atoms with van der Waals surface area (Å²) in [6.45, 7) is 4.08. The Morgan fingerprint density at radius 1 is 1.67 bits per heavy atom. The number of ether oxygens (including phenoxy) is 2. The Bertz CT molecular complexity index is 216. The standard InChI is InChI=1S/C9H14O3/c1-9(2,11-3)8(10)7-5-4-6-12-7/h5H,4,6H2,1-3H3. The Hall–Kier alpha value is -0.830. The van der Waals surface area contributed by atoms with E-state index in [0.717, 1.165) is 6.42 Å². The van der Waals surface area contributed by atoms with Crippen molar-refractivity contribution in [3.63, 3.8) is 0 Å². The van der Waals surface area contributed by atoms with Crippen LogP contribution in [-0.4, -0.2) is 25.1 Å². The van der Waals surface area contributed by atoms with E-state index in [1.807, 2.05) is 6.08 Å². The number of rotatable bonds is 3. The largest absolute Gasteiger partial charge is 0.490 e. The van der Waals surface area contributed by atoms with Crippen molar-refractivity contribution < 1.29 is 14.3 Å². The van der Waals surface area contributed by atoms with E-state index in [9.17, 15) is 4.79 Å². The first-order valence-corrected chi connectivity index (χ1v) is 4.01. The maximum absolute atomic E-state index is 11.6. The number of hydrogen-bond donors (Lipinski definition) is 0. The van der Waals surface area contributed by atoms with Crippen LogP contribution in [0.4, 0.5) is 0 Å². The van der Waals surface area contributed by atoms with Gasteiger partial charge in [0, 0.05) is 13.5 Å². The molecule has 0 amide bonds. The molecule has 0 spiro atoms. The highest BCUT2D eigenvalue weighted by molar-refractivity contribution is 5.99. The zero-order valence-electron chi connectivity index (χ0n) is 7.72. The first-order valence-electron chi connectivity index (χ1n) is 4.01. The van der Waals surface area contributed by atoms with Crippen molar-refractivity contribution in [1.82, 2.24) is 0 Å². The minimum atomic E-state index is -0.768. The van der Waals surface area contributed by atoms with Crippen LogP contribution < -0.4 is 0 Å². The molecule has 12 heavy (non-hydrogen) atoms. The molecule has 0 unspecified atom stereocenters. The fourth-order valence-corrected chi connectivity index (χ4v) is 0.965. The molecule has 1 rings (SSSR count). The summed E-state index contributed by atoms with van der Waals surface area (Å²) < 4.78 is 10.2. The van der Waals surface area contributed by atoms with Gasteiger partial charge in [-0.2, -0.15) is 0 Å². The van der Waals surface area contributed by atoms with E-state index in [1.54, 1.807) is 13.8 Å². The molecule has 0 saturated heterocycles. The predicted molar refractivity (Wildman–Crippen MR) is 44.7 cm³/mol. The van der Waals surface area contributed by atoms with Gasteiger partial charge in [-0.15, -0.1) is 0 Å². The number of carbonyl (C=O) groups is 1. The lowest BCUT2D eigenvalue weighted by Crippen LogP contribution is -2.35. The van der Waals surface area contributed by atoms with E-state index >= 15 is 0 Å². The molecule has 0 aromatic heterocycles. The second-order valence-electron chi connectivity index (χ2n) is 3.25. The lowest BCUT2D eigenvalue weighted by atomic mass is 10.0. The molecule has 1 aliphatic heterocycles. The summed E-state index contributed by atoms with van der Waals surface area (Å²) in [6, 6.07) is 0. The van der Waals surface area contributed by atoms with Gasteiger partial charge >= 0.3 is 0 Å². The molecule has 0 aromatic carbocycles. The molecule has 0 fully saturated rings. The molecule has 3 heteroatoms. The van der Waals surface area contributed by atoms with E-state index in [4.69, 9.17) is 9.47 Å². The summed E-state index contributed by atoms with van der Waals surface area (Å²) in [7, 11) is 1.52. The fraction of sp³-hybridized carbons (Fsp3) is 0.667. The van der Waals surface area contributed by atoms with Crippen LogP contribution in [-0.2, 0) is 14.3 Å². The molecule has 1 aliphatic rings. The van der Waals surface area contributed by atoms with Gasteiger partial charge in [0.05, 0.1) is 6.61 Å². The molecule has 68 valence electrons. The SMILES string of the molecule is COC(C)(C)C(=O)C1=CCCO1. The van der Waals surface area contributed by atoms with E-state index < -0.39 is 5.60 Å². The second-order valence-corrected chi connectivity index (χ2v) is 3.25. The normalized spacial score (nSPS) is 17.1. The van der Waals surface area contributed by atoms with Crippen molar-refractivity contribution >= 4 is 5.78 Å². The summed E-state index contributed by atoms with van der Waals surface area (Å²) >= 11 is 0. The van der Waals surface area contributed by atoms with Crippen molar-refractivity contribution in [2.75, 3.05) is 13.7 Å². The topological polar surface area (TPSA) is 35.5 Å². The number of ketones is 1. The predicted octanol–water partition coefficient (Wildman–Crippen LogP) is 1.28. The number of methoxy groups -OCH3 is 1. The third-order valence-corrected chi connectivity index (χ3v) is 1.99. The van der Waals surface area contributed by atoms with Gasteiger partial charge in [0.15, 0.2) is 5.76 Å². The van der Waals surface area contributed by atoms with Gasteiger partial charge in [-0.25, -0.2) is 0 Å². The third-order valence-electron chi connectivity index (χ3n) is 1.99. The molecular weight excluding hydrogens is 156 g/mol. The molecule has 3 nitrogen and oxygen atoms in total. The molecule has 0 aromatic rings. The van der Waals surface area contributed by atoms with Crippen LogP contribution in [0.3, 0.4) is 0 Å². The Morgan fingerprint density at radius 3 is 2.75 bits per heavy atom. The Labute approximate surface area is 72.4 Å². The smallest absolute Gasteiger partial charge is 0.228 e. The van der Waals surface area contributed by atoms with E-state index in [-0.39, 0.29) is 5.78 Å². The minimum Gasteiger partial charge on any atom is -0.490 e. The summed E-state index contributed by atoms with van der Waals surface area (Å²) in [5, 5.41) is 0. The minimum absolute atomic E-state index is 0.0810. The average Bonchev–Trinajstić information content (AvgIpc) is 2.55. The zero-order chi connectivity index (χ0) is 9.19. The highest BCUT2D eigenvalue weighted by atomic mass is 16.5. The average molecular weight is 170 g/mol. The van der Waals surface area contributed by atoms with Gasteiger partial charge in [0.25, 0.3) is 0 Å². The number of carbonyl (C=O) groups excluding carboxylic acids is 1. The quantitative estimate of drug-likeness (QED) is 0.640. The molecule has 0 radical (unpaired) electrons. The van der Waals surface area contributed by atoms with Crippen molar-refractivity contribution in [2.45, 2.75) is 25.9 Å². The first-order chi connectivity index (χ1) is 5.58. The van der Waals surface area contributed by atoms with E-state index in [2.05, 4.69) is 0 Å². The Morgan fingerprint density at radius 2 is 2.33 bits per heavy atom. The van der Waals surface area contributed by atoms with E-state index in [1.165, 1.54) is 7.11 Å². The summed E-state index contributed by atoms with van der Waals surface area (Å²) in [4.78, 5) is 11.6. The lowest BCUT2D eigenvalue weighted by Gasteiger charge is -2.20. The monoisotopic (exact) mass is 170 g/mol. The molecule has 0 bridgehead atoms. The van der Waals surface area contributed by atoms with Gasteiger partial charge in [-0.3, -0.25) is 4.79 Å². The highest BCUT2D eigenvalue weighted by Crippen LogP contribution is 2.19. The van der Waals surface area contributed by atoms with Crippen LogP contribution in [0.5, 0.6) is 0 Å². The Kier molecular flexibility index (Phi) is 2.52. The van der Waals surface area contributed by atoms with Gasteiger partial charge in [0.1, 0.15) is 5.60 Å². The molecule has 0 N–H and O–H groups in total. The van der Waals surface area contributed by atoms with Crippen molar-refractivity contribution in [1.29, 1.82) is 0 Å². The molecule has 0 aliphatic carbocycles. The van der Waals surface area contributed by atoms with Crippen LogP contribution in [0.2, 0.25) is 0 Å². The maximum atomic E-state index is 11.6. The third kappa shape index (κ3) is 1.67. The first kappa shape index (κ1) is 9.26. The van der Waals surface area contributed by atoms with Crippen LogP contribution in [0.15, 0.2) is 11.8 Å². The van der Waals surface area contributed by atoms with Crippen LogP contribution in [0, 0.1) is 0 Å². The van der Waals surface area contributed by atoms with Crippen LogP contribution >= 0.6 is 0 Å². The number of Topliss-reactive ketones (excluding diaryl/α,β-unsaturated/α-hetero) is 1. The number of hydrogen-bond acceptors (Lipinski definition) is 3. The lowest BCUT2D eigenvalue weighted by molar-refractivity contribution is -0.136. The maximum Gasteiger partial charge on any atom is 0.228 e.